The number of rotatable bonds is 7. The van der Waals surface area contributed by atoms with Gasteiger partial charge in [-0.2, -0.15) is 4.31 Å². The molecule has 1 saturated heterocycles. The minimum atomic E-state index is -3.71. The average molecular weight is 466 g/mol. The Morgan fingerprint density at radius 1 is 1.12 bits per heavy atom. The van der Waals surface area contributed by atoms with E-state index in [9.17, 15) is 13.2 Å². The molecule has 172 valence electrons. The molecule has 7 nitrogen and oxygen atoms in total. The molecule has 1 aromatic heterocycles. The lowest BCUT2D eigenvalue weighted by atomic mass is 10.1. The van der Waals surface area contributed by atoms with Gasteiger partial charge in [-0.05, 0) is 62.9 Å². The number of anilines is 1. The maximum absolute atomic E-state index is 13.3. The van der Waals surface area contributed by atoms with E-state index >= 15 is 0 Å². The molecule has 1 N–H and O–H groups in total. The van der Waals surface area contributed by atoms with E-state index in [0.29, 0.717) is 42.6 Å². The Balaban J connectivity index is 1.50. The van der Waals surface area contributed by atoms with E-state index in [-0.39, 0.29) is 10.8 Å². The molecule has 0 spiro atoms. The van der Waals surface area contributed by atoms with Crippen molar-refractivity contribution in [1.29, 1.82) is 0 Å². The smallest absolute Gasteiger partial charge is 0.256 e. The third kappa shape index (κ3) is 4.32. The quantitative estimate of drug-likeness (QED) is 0.553. The van der Waals surface area contributed by atoms with Crippen molar-refractivity contribution in [2.75, 3.05) is 25.0 Å². The molecule has 0 radical (unpaired) electrons. The average Bonchev–Trinajstić information content (AvgIpc) is 3.52. The van der Waals surface area contributed by atoms with E-state index in [2.05, 4.69) is 5.32 Å². The molecule has 5 rings (SSSR count). The Hall–Kier alpha value is -2.97. The number of pyridine rings is 1. The molecule has 8 heteroatoms. The number of nitrogens with zero attached hydrogens (tertiary/aromatic N) is 2. The zero-order valence-electron chi connectivity index (χ0n) is 18.6. The Kier molecular flexibility index (Phi) is 5.80. The van der Waals surface area contributed by atoms with Gasteiger partial charge in [-0.25, -0.2) is 8.42 Å². The number of carbonyl (C=O) groups is 1. The molecule has 2 aliphatic rings. The van der Waals surface area contributed by atoms with Crippen LogP contribution < -0.4 is 10.1 Å². The lowest BCUT2D eigenvalue weighted by Crippen LogP contribution is -2.28. The van der Waals surface area contributed by atoms with Gasteiger partial charge in [0, 0.05) is 35.8 Å². The summed E-state index contributed by atoms with van der Waals surface area (Å²) in [4.78, 5) is 18.1. The molecule has 2 heterocycles. The van der Waals surface area contributed by atoms with Crippen molar-refractivity contribution >= 4 is 32.5 Å². The number of nitrogens with one attached hydrogen (secondary N) is 1. The molecule has 0 bridgehead atoms. The van der Waals surface area contributed by atoms with Gasteiger partial charge in [0.05, 0.1) is 17.7 Å². The topological polar surface area (TPSA) is 88.6 Å². The molecule has 2 aromatic carbocycles. The second-order valence-electron chi connectivity index (χ2n) is 8.55. The standard InChI is InChI=1S/C25H27N3O4S/c1-2-32-23-12-11-18(15-24(23)33(30,31)28-13-5-6-14-28)26-25(29)20-16-22(17-9-10-17)27-21-8-4-3-7-19(20)21/h3-4,7-8,11-12,15-17H,2,5-6,9-10,13-14H2,1H3,(H,26,29). The second kappa shape index (κ2) is 8.76. The SMILES string of the molecule is CCOc1ccc(NC(=O)c2cc(C3CC3)nc3ccccc23)cc1S(=O)(=O)N1CCCC1. The molecule has 1 aliphatic heterocycles. The largest absolute Gasteiger partial charge is 0.492 e. The third-order valence-corrected chi connectivity index (χ3v) is 8.08. The predicted octanol–water partition coefficient (Wildman–Crippen LogP) is 4.55. The highest BCUT2D eigenvalue weighted by Crippen LogP contribution is 2.40. The number of carbonyl (C=O) groups excluding carboxylic acids is 1. The van der Waals surface area contributed by atoms with Crippen molar-refractivity contribution in [2.45, 2.75) is 43.4 Å². The van der Waals surface area contributed by atoms with Gasteiger partial charge >= 0.3 is 0 Å². The van der Waals surface area contributed by atoms with Crippen LogP contribution in [0.5, 0.6) is 5.75 Å². The number of hydrogen-bond donors (Lipinski definition) is 1. The van der Waals surface area contributed by atoms with Gasteiger partial charge in [-0.3, -0.25) is 9.78 Å². The Morgan fingerprint density at radius 3 is 2.61 bits per heavy atom. The summed E-state index contributed by atoms with van der Waals surface area (Å²) >= 11 is 0. The number of sulfonamides is 1. The minimum Gasteiger partial charge on any atom is -0.492 e. The molecule has 1 aliphatic carbocycles. The van der Waals surface area contributed by atoms with Crippen molar-refractivity contribution < 1.29 is 17.9 Å². The van der Waals surface area contributed by atoms with Gasteiger partial charge in [0.1, 0.15) is 10.6 Å². The van der Waals surface area contributed by atoms with Crippen molar-refractivity contribution in [3.8, 4) is 5.75 Å². The van der Waals surface area contributed by atoms with Crippen LogP contribution >= 0.6 is 0 Å². The van der Waals surface area contributed by atoms with Crippen molar-refractivity contribution in [3.05, 3.63) is 59.8 Å². The number of ether oxygens (including phenoxy) is 1. The summed E-state index contributed by atoms with van der Waals surface area (Å²) in [7, 11) is -3.71. The predicted molar refractivity (Wildman–Crippen MR) is 127 cm³/mol. The van der Waals surface area contributed by atoms with E-state index in [1.165, 1.54) is 10.4 Å². The second-order valence-corrected chi connectivity index (χ2v) is 10.5. The number of aromatic nitrogens is 1. The van der Waals surface area contributed by atoms with Crippen molar-refractivity contribution in [2.24, 2.45) is 0 Å². The Bertz CT molecular complexity index is 1310. The summed E-state index contributed by atoms with van der Waals surface area (Å²) in [6.07, 6.45) is 3.86. The molecule has 3 aromatic rings. The molecule has 0 unspecified atom stereocenters. The van der Waals surface area contributed by atoms with E-state index in [1.54, 1.807) is 12.1 Å². The molecular weight excluding hydrogens is 438 g/mol. The van der Waals surface area contributed by atoms with Crippen molar-refractivity contribution in [1.82, 2.24) is 9.29 Å². The van der Waals surface area contributed by atoms with Gasteiger partial charge < -0.3 is 10.1 Å². The van der Waals surface area contributed by atoms with E-state index < -0.39 is 10.0 Å². The summed E-state index contributed by atoms with van der Waals surface area (Å²) in [5.74, 6) is 0.417. The fourth-order valence-corrected chi connectivity index (χ4v) is 5.97. The zero-order valence-corrected chi connectivity index (χ0v) is 19.4. The van der Waals surface area contributed by atoms with Crippen LogP contribution in [0.15, 0.2) is 53.4 Å². The van der Waals surface area contributed by atoms with E-state index in [0.717, 1.165) is 42.3 Å². The van der Waals surface area contributed by atoms with Crippen molar-refractivity contribution in [3.63, 3.8) is 0 Å². The van der Waals surface area contributed by atoms with Crippen LogP contribution in [0.1, 0.15) is 54.6 Å². The first-order chi connectivity index (χ1) is 16.0. The highest BCUT2D eigenvalue weighted by Gasteiger charge is 2.31. The maximum Gasteiger partial charge on any atom is 0.256 e. The Labute approximate surface area is 193 Å². The molecule has 2 fully saturated rings. The monoisotopic (exact) mass is 465 g/mol. The number of para-hydroxylation sites is 1. The maximum atomic E-state index is 13.3. The lowest BCUT2D eigenvalue weighted by Gasteiger charge is -2.19. The van der Waals surface area contributed by atoms with Gasteiger partial charge in [-0.15, -0.1) is 0 Å². The highest BCUT2D eigenvalue weighted by atomic mass is 32.2. The van der Waals surface area contributed by atoms with Crippen LogP contribution in [-0.4, -0.2) is 43.3 Å². The van der Waals surface area contributed by atoms with Gasteiger partial charge in [0.2, 0.25) is 10.0 Å². The molecule has 33 heavy (non-hydrogen) atoms. The van der Waals surface area contributed by atoms with Crippen LogP contribution in [0, 0.1) is 0 Å². The summed E-state index contributed by atoms with van der Waals surface area (Å²) in [6, 6.07) is 14.3. The molecule has 1 saturated carbocycles. The van der Waals surface area contributed by atoms with Crippen LogP contribution in [0.4, 0.5) is 5.69 Å². The van der Waals surface area contributed by atoms with E-state index in [4.69, 9.17) is 9.72 Å². The first-order valence-corrected chi connectivity index (χ1v) is 12.9. The van der Waals surface area contributed by atoms with Crippen LogP contribution in [0.2, 0.25) is 0 Å². The van der Waals surface area contributed by atoms with Crippen LogP contribution in [-0.2, 0) is 10.0 Å². The number of amides is 1. The van der Waals surface area contributed by atoms with Gasteiger partial charge in [0.25, 0.3) is 5.91 Å². The van der Waals surface area contributed by atoms with Gasteiger partial charge in [0.15, 0.2) is 0 Å². The first-order valence-electron chi connectivity index (χ1n) is 11.5. The normalized spacial score (nSPS) is 16.8. The fourth-order valence-electron chi connectivity index (χ4n) is 4.30. The minimum absolute atomic E-state index is 0.0855. The van der Waals surface area contributed by atoms with E-state index in [1.807, 2.05) is 37.3 Å². The lowest BCUT2D eigenvalue weighted by molar-refractivity contribution is 0.102. The van der Waals surface area contributed by atoms with Crippen LogP contribution in [0.3, 0.4) is 0 Å². The number of benzene rings is 2. The first kappa shape index (κ1) is 21.9. The number of fused-ring (bicyclic) bond motifs is 1. The summed E-state index contributed by atoms with van der Waals surface area (Å²) in [5.41, 5.74) is 2.68. The third-order valence-electron chi connectivity index (χ3n) is 6.16. The molecular formula is C25H27N3O4S. The summed E-state index contributed by atoms with van der Waals surface area (Å²) in [5, 5.41) is 3.68. The van der Waals surface area contributed by atoms with Crippen LogP contribution in [0.25, 0.3) is 10.9 Å². The summed E-state index contributed by atoms with van der Waals surface area (Å²) < 4.78 is 33.6. The Morgan fingerprint density at radius 2 is 1.88 bits per heavy atom. The van der Waals surface area contributed by atoms with Gasteiger partial charge in [-0.1, -0.05) is 18.2 Å². The zero-order chi connectivity index (χ0) is 23.0. The molecule has 0 atom stereocenters. The summed E-state index contributed by atoms with van der Waals surface area (Å²) in [6.45, 7) is 3.16. The molecule has 1 amide bonds. The number of hydrogen-bond acceptors (Lipinski definition) is 5. The highest BCUT2D eigenvalue weighted by molar-refractivity contribution is 7.89. The fraction of sp³-hybridized carbons (Fsp3) is 0.360.